The Morgan fingerprint density at radius 2 is 1.86 bits per heavy atom. The molecule has 1 aliphatic rings. The monoisotopic (exact) mass is 280 g/mol. The zero-order valence-electron chi connectivity index (χ0n) is 11.6. The van der Waals surface area contributed by atoms with Crippen LogP contribution in [0.15, 0.2) is 42.9 Å². The Morgan fingerprint density at radius 3 is 2.71 bits per heavy atom. The summed E-state index contributed by atoms with van der Waals surface area (Å²) in [5.41, 5.74) is 3.71. The minimum atomic E-state index is 0.431. The van der Waals surface area contributed by atoms with E-state index in [2.05, 4.69) is 21.3 Å². The van der Waals surface area contributed by atoms with Crippen molar-refractivity contribution < 1.29 is 4.74 Å². The average Bonchev–Trinajstić information content (AvgIpc) is 3.05. The fourth-order valence-corrected chi connectivity index (χ4v) is 2.72. The van der Waals surface area contributed by atoms with E-state index in [0.29, 0.717) is 6.04 Å². The van der Waals surface area contributed by atoms with E-state index in [-0.39, 0.29) is 0 Å². The molecule has 3 aromatic rings. The van der Waals surface area contributed by atoms with Crippen LogP contribution in [0.5, 0.6) is 0 Å². The molecule has 0 atom stereocenters. The molecule has 0 spiro atoms. The van der Waals surface area contributed by atoms with Crippen LogP contribution in [0.2, 0.25) is 0 Å². The standard InChI is InChI=1S/C16H16N4O/c1-2-4-15-14(3-1)17-10-16(19-15)12-9-18-20(11-12)13-5-7-21-8-6-13/h1-4,9-11,13H,5-8H2. The lowest BCUT2D eigenvalue weighted by atomic mass is 10.1. The number of rotatable bonds is 2. The van der Waals surface area contributed by atoms with Gasteiger partial charge < -0.3 is 4.74 Å². The molecule has 0 bridgehead atoms. The summed E-state index contributed by atoms with van der Waals surface area (Å²) in [7, 11) is 0. The predicted octanol–water partition coefficient (Wildman–Crippen LogP) is 2.84. The fourth-order valence-electron chi connectivity index (χ4n) is 2.72. The Balaban J connectivity index is 1.67. The normalized spacial score (nSPS) is 16.4. The summed E-state index contributed by atoms with van der Waals surface area (Å²) < 4.78 is 7.43. The highest BCUT2D eigenvalue weighted by Crippen LogP contribution is 2.24. The van der Waals surface area contributed by atoms with Crippen molar-refractivity contribution in [1.82, 2.24) is 19.7 Å². The summed E-state index contributed by atoms with van der Waals surface area (Å²) in [5, 5.41) is 4.49. The van der Waals surface area contributed by atoms with E-state index in [1.165, 1.54) is 0 Å². The van der Waals surface area contributed by atoms with Crippen molar-refractivity contribution in [3.8, 4) is 11.3 Å². The molecule has 2 aromatic heterocycles. The van der Waals surface area contributed by atoms with Gasteiger partial charge in [0.2, 0.25) is 0 Å². The molecule has 0 radical (unpaired) electrons. The lowest BCUT2D eigenvalue weighted by molar-refractivity contribution is 0.0662. The molecule has 5 nitrogen and oxygen atoms in total. The van der Waals surface area contributed by atoms with Crippen molar-refractivity contribution in [3.63, 3.8) is 0 Å². The third-order valence-electron chi connectivity index (χ3n) is 3.91. The molecule has 21 heavy (non-hydrogen) atoms. The van der Waals surface area contributed by atoms with E-state index in [9.17, 15) is 0 Å². The number of benzene rings is 1. The van der Waals surface area contributed by atoms with Gasteiger partial charge in [0.25, 0.3) is 0 Å². The molecule has 106 valence electrons. The Morgan fingerprint density at radius 1 is 1.05 bits per heavy atom. The molecular weight excluding hydrogens is 264 g/mol. The second-order valence-electron chi connectivity index (χ2n) is 5.30. The highest BCUT2D eigenvalue weighted by Gasteiger charge is 2.17. The minimum absolute atomic E-state index is 0.431. The minimum Gasteiger partial charge on any atom is -0.381 e. The fraction of sp³-hybridized carbons (Fsp3) is 0.312. The predicted molar refractivity (Wildman–Crippen MR) is 79.8 cm³/mol. The maximum atomic E-state index is 5.40. The first kappa shape index (κ1) is 12.5. The molecule has 3 heterocycles. The van der Waals surface area contributed by atoms with Crippen LogP contribution in [0.25, 0.3) is 22.3 Å². The number of ether oxygens (including phenoxy) is 1. The lowest BCUT2D eigenvalue weighted by Crippen LogP contribution is -2.19. The molecule has 0 N–H and O–H groups in total. The molecule has 1 fully saturated rings. The number of para-hydroxylation sites is 2. The van der Waals surface area contributed by atoms with Gasteiger partial charge in [-0.1, -0.05) is 12.1 Å². The van der Waals surface area contributed by atoms with Gasteiger partial charge in [-0.2, -0.15) is 5.10 Å². The summed E-state index contributed by atoms with van der Waals surface area (Å²) in [5.74, 6) is 0. The topological polar surface area (TPSA) is 52.8 Å². The van der Waals surface area contributed by atoms with Crippen molar-refractivity contribution in [3.05, 3.63) is 42.9 Å². The van der Waals surface area contributed by atoms with Gasteiger partial charge in [0, 0.05) is 25.0 Å². The van der Waals surface area contributed by atoms with E-state index in [1.54, 1.807) is 0 Å². The second-order valence-corrected chi connectivity index (χ2v) is 5.30. The third-order valence-corrected chi connectivity index (χ3v) is 3.91. The van der Waals surface area contributed by atoms with Gasteiger partial charge in [-0.3, -0.25) is 9.67 Å². The SMILES string of the molecule is c1ccc2nc(-c3cnn(C4CCOCC4)c3)cnc2c1. The number of nitrogens with zero attached hydrogens (tertiary/aromatic N) is 4. The van der Waals surface area contributed by atoms with Gasteiger partial charge in [-0.15, -0.1) is 0 Å². The van der Waals surface area contributed by atoms with E-state index in [0.717, 1.165) is 48.3 Å². The Bertz CT molecular complexity index is 762. The molecule has 0 amide bonds. The summed E-state index contributed by atoms with van der Waals surface area (Å²) in [4.78, 5) is 9.12. The van der Waals surface area contributed by atoms with E-state index < -0.39 is 0 Å². The van der Waals surface area contributed by atoms with Crippen LogP contribution in [0.1, 0.15) is 18.9 Å². The molecule has 1 aliphatic heterocycles. The van der Waals surface area contributed by atoms with Crippen LogP contribution in [0.4, 0.5) is 0 Å². The van der Waals surface area contributed by atoms with Crippen LogP contribution in [-0.2, 0) is 4.74 Å². The van der Waals surface area contributed by atoms with Crippen LogP contribution in [-0.4, -0.2) is 33.0 Å². The molecule has 0 unspecified atom stereocenters. The van der Waals surface area contributed by atoms with Gasteiger partial charge >= 0.3 is 0 Å². The average molecular weight is 280 g/mol. The van der Waals surface area contributed by atoms with Gasteiger partial charge in [0.1, 0.15) is 0 Å². The largest absolute Gasteiger partial charge is 0.381 e. The first-order valence-corrected chi connectivity index (χ1v) is 7.24. The van der Waals surface area contributed by atoms with Crippen molar-refractivity contribution in [1.29, 1.82) is 0 Å². The number of hydrogen-bond donors (Lipinski definition) is 0. The smallest absolute Gasteiger partial charge is 0.0924 e. The van der Waals surface area contributed by atoms with Crippen molar-refractivity contribution in [2.24, 2.45) is 0 Å². The van der Waals surface area contributed by atoms with Crippen molar-refractivity contribution in [2.45, 2.75) is 18.9 Å². The lowest BCUT2D eigenvalue weighted by Gasteiger charge is -2.22. The third kappa shape index (κ3) is 2.40. The van der Waals surface area contributed by atoms with Gasteiger partial charge in [-0.05, 0) is 25.0 Å². The molecule has 1 saturated heterocycles. The maximum Gasteiger partial charge on any atom is 0.0924 e. The summed E-state index contributed by atoms with van der Waals surface area (Å²) >= 11 is 0. The summed E-state index contributed by atoms with van der Waals surface area (Å²) in [6.45, 7) is 1.63. The van der Waals surface area contributed by atoms with Crippen molar-refractivity contribution in [2.75, 3.05) is 13.2 Å². The van der Waals surface area contributed by atoms with E-state index in [1.807, 2.05) is 41.3 Å². The summed E-state index contributed by atoms with van der Waals surface area (Å²) in [6, 6.07) is 8.33. The van der Waals surface area contributed by atoms with Crippen molar-refractivity contribution >= 4 is 11.0 Å². The van der Waals surface area contributed by atoms with Gasteiger partial charge in [-0.25, -0.2) is 4.98 Å². The van der Waals surface area contributed by atoms with E-state index in [4.69, 9.17) is 4.74 Å². The zero-order chi connectivity index (χ0) is 14.1. The molecule has 4 rings (SSSR count). The second kappa shape index (κ2) is 5.26. The van der Waals surface area contributed by atoms with Gasteiger partial charge in [0.05, 0.1) is 35.2 Å². The highest BCUT2D eigenvalue weighted by molar-refractivity contribution is 5.76. The van der Waals surface area contributed by atoms with Crippen LogP contribution >= 0.6 is 0 Å². The number of fused-ring (bicyclic) bond motifs is 1. The number of hydrogen-bond acceptors (Lipinski definition) is 4. The molecule has 5 heteroatoms. The molecule has 0 aliphatic carbocycles. The zero-order valence-corrected chi connectivity index (χ0v) is 11.6. The Labute approximate surface area is 122 Å². The Hall–Kier alpha value is -2.27. The quantitative estimate of drug-likeness (QED) is 0.724. The van der Waals surface area contributed by atoms with E-state index >= 15 is 0 Å². The Kier molecular flexibility index (Phi) is 3.12. The van der Waals surface area contributed by atoms with Gasteiger partial charge in [0.15, 0.2) is 0 Å². The van der Waals surface area contributed by atoms with Crippen LogP contribution in [0, 0.1) is 0 Å². The summed E-state index contributed by atoms with van der Waals surface area (Å²) in [6.07, 6.45) is 7.78. The first-order chi connectivity index (χ1) is 10.4. The highest BCUT2D eigenvalue weighted by atomic mass is 16.5. The molecule has 0 saturated carbocycles. The maximum absolute atomic E-state index is 5.40. The molecule has 1 aromatic carbocycles. The van der Waals surface area contributed by atoms with Crippen LogP contribution < -0.4 is 0 Å². The van der Waals surface area contributed by atoms with Crippen LogP contribution in [0.3, 0.4) is 0 Å². The number of aromatic nitrogens is 4. The first-order valence-electron chi connectivity index (χ1n) is 7.24. The molecular formula is C16H16N4O.